The summed E-state index contributed by atoms with van der Waals surface area (Å²) in [6.45, 7) is 4.54. The van der Waals surface area contributed by atoms with Gasteiger partial charge in [0.15, 0.2) is 5.76 Å². The van der Waals surface area contributed by atoms with Crippen molar-refractivity contribution in [1.29, 1.82) is 0 Å². The predicted molar refractivity (Wildman–Crippen MR) is 81.1 cm³/mol. The molecule has 1 aromatic heterocycles. The average molecular weight is 287 g/mol. The summed E-state index contributed by atoms with van der Waals surface area (Å²) in [6.07, 6.45) is 0.757. The highest BCUT2D eigenvalue weighted by molar-refractivity contribution is 5.93. The van der Waals surface area contributed by atoms with E-state index in [-0.39, 0.29) is 19.1 Å². The van der Waals surface area contributed by atoms with Crippen LogP contribution in [0.1, 0.15) is 34.4 Å². The van der Waals surface area contributed by atoms with Crippen LogP contribution in [0.4, 0.5) is 0 Å². The molecule has 21 heavy (non-hydrogen) atoms. The van der Waals surface area contributed by atoms with Gasteiger partial charge in [-0.2, -0.15) is 0 Å². The molecule has 0 saturated heterocycles. The molecule has 0 aliphatic carbocycles. The molecule has 0 saturated carbocycles. The molecule has 0 fully saturated rings. The average Bonchev–Trinajstić information content (AvgIpc) is 2.88. The third kappa shape index (κ3) is 3.73. The smallest absolute Gasteiger partial charge is 0.290 e. The molecule has 2 aromatic rings. The van der Waals surface area contributed by atoms with E-state index >= 15 is 0 Å². The van der Waals surface area contributed by atoms with Gasteiger partial charge < -0.3 is 14.4 Å². The van der Waals surface area contributed by atoms with Crippen LogP contribution in [0.25, 0.3) is 0 Å². The Kier molecular flexibility index (Phi) is 5.17. The number of aliphatic hydroxyl groups excluding tert-OH is 1. The van der Waals surface area contributed by atoms with Crippen LogP contribution in [0.5, 0.6) is 0 Å². The molecule has 0 unspecified atom stereocenters. The lowest BCUT2D eigenvalue weighted by Gasteiger charge is -2.21. The molecule has 1 heterocycles. The molecular formula is C17H21NO3. The first-order valence-corrected chi connectivity index (χ1v) is 7.19. The number of rotatable bonds is 6. The van der Waals surface area contributed by atoms with E-state index in [9.17, 15) is 9.90 Å². The standard InChI is InChI=1S/C17H21NO3/c1-3-15-11-13(2)16(21-15)17(20)18(9-10-19)12-14-7-5-4-6-8-14/h4-8,11,19H,3,9-10,12H2,1-2H3. The fraction of sp³-hybridized carbons (Fsp3) is 0.353. The van der Waals surface area contributed by atoms with Gasteiger partial charge in [0.2, 0.25) is 0 Å². The minimum atomic E-state index is -0.176. The Morgan fingerprint density at radius 3 is 2.57 bits per heavy atom. The van der Waals surface area contributed by atoms with Crippen LogP contribution in [0, 0.1) is 6.92 Å². The minimum Gasteiger partial charge on any atom is -0.456 e. The molecule has 4 nitrogen and oxygen atoms in total. The number of carbonyl (C=O) groups excluding carboxylic acids is 1. The Hall–Kier alpha value is -2.07. The molecule has 0 bridgehead atoms. The number of hydrogen-bond donors (Lipinski definition) is 1. The molecule has 1 aromatic carbocycles. The maximum absolute atomic E-state index is 12.6. The van der Waals surface area contributed by atoms with Gasteiger partial charge in [-0.05, 0) is 18.6 Å². The van der Waals surface area contributed by atoms with Crippen molar-refractivity contribution in [3.63, 3.8) is 0 Å². The summed E-state index contributed by atoms with van der Waals surface area (Å²) in [7, 11) is 0. The monoisotopic (exact) mass is 287 g/mol. The maximum atomic E-state index is 12.6. The molecule has 0 aliphatic rings. The van der Waals surface area contributed by atoms with Crippen molar-refractivity contribution >= 4 is 5.91 Å². The van der Waals surface area contributed by atoms with Crippen molar-refractivity contribution in [3.8, 4) is 0 Å². The number of aliphatic hydroxyl groups is 1. The highest BCUT2D eigenvalue weighted by Gasteiger charge is 2.21. The van der Waals surface area contributed by atoms with Crippen molar-refractivity contribution in [2.45, 2.75) is 26.8 Å². The summed E-state index contributed by atoms with van der Waals surface area (Å²) < 4.78 is 5.62. The second-order valence-electron chi connectivity index (χ2n) is 5.01. The molecule has 0 atom stereocenters. The number of carbonyl (C=O) groups is 1. The molecule has 4 heteroatoms. The highest BCUT2D eigenvalue weighted by Crippen LogP contribution is 2.18. The minimum absolute atomic E-state index is 0.0705. The first-order chi connectivity index (χ1) is 10.2. The van der Waals surface area contributed by atoms with Gasteiger partial charge >= 0.3 is 0 Å². The fourth-order valence-electron chi connectivity index (χ4n) is 2.26. The van der Waals surface area contributed by atoms with Gasteiger partial charge in [0.25, 0.3) is 5.91 Å². The first kappa shape index (κ1) is 15.3. The lowest BCUT2D eigenvalue weighted by atomic mass is 10.2. The van der Waals surface area contributed by atoms with Gasteiger partial charge in [0.1, 0.15) is 5.76 Å². The second-order valence-corrected chi connectivity index (χ2v) is 5.01. The normalized spacial score (nSPS) is 10.6. The van der Waals surface area contributed by atoms with E-state index in [1.165, 1.54) is 0 Å². The molecule has 1 amide bonds. The van der Waals surface area contributed by atoms with Crippen molar-refractivity contribution in [2.75, 3.05) is 13.2 Å². The Morgan fingerprint density at radius 1 is 1.29 bits per heavy atom. The zero-order valence-corrected chi connectivity index (χ0v) is 12.5. The SMILES string of the molecule is CCc1cc(C)c(C(=O)N(CCO)Cc2ccccc2)o1. The summed E-state index contributed by atoms with van der Waals surface area (Å²) in [4.78, 5) is 14.2. The molecule has 0 aliphatic heterocycles. The summed E-state index contributed by atoms with van der Waals surface area (Å²) in [6, 6.07) is 11.6. The molecule has 0 spiro atoms. The molecule has 2 rings (SSSR count). The Bertz CT molecular complexity index is 589. The largest absolute Gasteiger partial charge is 0.456 e. The van der Waals surface area contributed by atoms with Crippen LogP contribution >= 0.6 is 0 Å². The maximum Gasteiger partial charge on any atom is 0.290 e. The van der Waals surface area contributed by atoms with E-state index in [2.05, 4.69) is 0 Å². The number of nitrogens with zero attached hydrogens (tertiary/aromatic N) is 1. The van der Waals surface area contributed by atoms with E-state index < -0.39 is 0 Å². The van der Waals surface area contributed by atoms with Crippen LogP contribution in [-0.4, -0.2) is 29.1 Å². The van der Waals surface area contributed by atoms with E-state index in [1.807, 2.05) is 50.2 Å². The Morgan fingerprint density at radius 2 is 2.00 bits per heavy atom. The number of benzene rings is 1. The molecule has 1 N–H and O–H groups in total. The second kappa shape index (κ2) is 7.09. The van der Waals surface area contributed by atoms with Gasteiger partial charge in [-0.3, -0.25) is 4.79 Å². The van der Waals surface area contributed by atoms with Crippen LogP contribution in [-0.2, 0) is 13.0 Å². The summed E-state index contributed by atoms with van der Waals surface area (Å²) in [5, 5.41) is 9.21. The quantitative estimate of drug-likeness (QED) is 0.889. The summed E-state index contributed by atoms with van der Waals surface area (Å²) in [5.41, 5.74) is 1.87. The Balaban J connectivity index is 2.20. The molecule has 112 valence electrons. The van der Waals surface area contributed by atoms with Crippen LogP contribution in [0.15, 0.2) is 40.8 Å². The van der Waals surface area contributed by atoms with Gasteiger partial charge in [-0.15, -0.1) is 0 Å². The van der Waals surface area contributed by atoms with Crippen molar-refractivity contribution < 1.29 is 14.3 Å². The summed E-state index contributed by atoms with van der Waals surface area (Å²) >= 11 is 0. The van der Waals surface area contributed by atoms with E-state index in [4.69, 9.17) is 4.42 Å². The predicted octanol–water partition coefficient (Wildman–Crippen LogP) is 2.79. The number of aryl methyl sites for hydroxylation is 2. The van der Waals surface area contributed by atoms with E-state index in [1.54, 1.807) is 4.90 Å². The molecular weight excluding hydrogens is 266 g/mol. The zero-order valence-electron chi connectivity index (χ0n) is 12.5. The number of hydrogen-bond acceptors (Lipinski definition) is 3. The van der Waals surface area contributed by atoms with Crippen molar-refractivity contribution in [2.24, 2.45) is 0 Å². The van der Waals surface area contributed by atoms with Gasteiger partial charge in [0, 0.05) is 25.1 Å². The van der Waals surface area contributed by atoms with Crippen LogP contribution in [0.2, 0.25) is 0 Å². The number of amides is 1. The van der Waals surface area contributed by atoms with Crippen molar-refractivity contribution in [3.05, 3.63) is 59.0 Å². The van der Waals surface area contributed by atoms with E-state index in [0.29, 0.717) is 12.3 Å². The van der Waals surface area contributed by atoms with E-state index in [0.717, 1.165) is 23.3 Å². The number of furan rings is 1. The van der Waals surface area contributed by atoms with Gasteiger partial charge in [-0.25, -0.2) is 0 Å². The lowest BCUT2D eigenvalue weighted by Crippen LogP contribution is -2.33. The third-order valence-electron chi connectivity index (χ3n) is 3.38. The van der Waals surface area contributed by atoms with Crippen LogP contribution in [0.3, 0.4) is 0 Å². The summed E-state index contributed by atoms with van der Waals surface area (Å²) in [5.74, 6) is 1.00. The van der Waals surface area contributed by atoms with Crippen molar-refractivity contribution in [1.82, 2.24) is 4.90 Å². The topological polar surface area (TPSA) is 53.7 Å². The van der Waals surface area contributed by atoms with Crippen LogP contribution < -0.4 is 0 Å². The Labute approximate surface area is 125 Å². The third-order valence-corrected chi connectivity index (χ3v) is 3.38. The first-order valence-electron chi connectivity index (χ1n) is 7.19. The lowest BCUT2D eigenvalue weighted by molar-refractivity contribution is 0.0673. The zero-order chi connectivity index (χ0) is 15.2. The van der Waals surface area contributed by atoms with Gasteiger partial charge in [-0.1, -0.05) is 37.3 Å². The highest BCUT2D eigenvalue weighted by atomic mass is 16.4. The fourth-order valence-corrected chi connectivity index (χ4v) is 2.26. The van der Waals surface area contributed by atoms with Gasteiger partial charge in [0.05, 0.1) is 6.61 Å². The molecule has 0 radical (unpaired) electrons.